The Kier molecular flexibility index (Phi) is 4.42. The third-order valence-corrected chi connectivity index (χ3v) is 3.75. The van der Waals surface area contributed by atoms with Gasteiger partial charge >= 0.3 is 11.7 Å². The molecule has 1 N–H and O–H groups in total. The van der Waals surface area contributed by atoms with Crippen LogP contribution in [0.1, 0.15) is 29.6 Å². The van der Waals surface area contributed by atoms with Crippen LogP contribution in [-0.4, -0.2) is 39.4 Å². The Balaban J connectivity index is 2.42. The molecule has 112 valence electrons. The Labute approximate surface area is 125 Å². The van der Waals surface area contributed by atoms with Crippen LogP contribution in [-0.2, 0) is 4.79 Å². The number of para-hydroxylation sites is 1. The number of likely N-dealkylation sites (tertiary alicyclic amines) is 1. The van der Waals surface area contributed by atoms with Gasteiger partial charge in [-0.1, -0.05) is 17.7 Å². The van der Waals surface area contributed by atoms with Gasteiger partial charge in [0.25, 0.3) is 5.91 Å². The number of rotatable bonds is 3. The Hall–Kier alpha value is -2.15. The van der Waals surface area contributed by atoms with Crippen LogP contribution in [0.2, 0.25) is 5.02 Å². The lowest BCUT2D eigenvalue weighted by molar-refractivity contribution is -0.385. The molecule has 1 heterocycles. The molecule has 7 nitrogen and oxygen atoms in total. The highest BCUT2D eigenvalue weighted by Crippen LogP contribution is 2.30. The molecule has 0 bridgehead atoms. The van der Waals surface area contributed by atoms with E-state index in [-0.39, 0.29) is 17.1 Å². The molecule has 1 unspecified atom stereocenters. The summed E-state index contributed by atoms with van der Waals surface area (Å²) in [5.41, 5.74) is -0.667. The Morgan fingerprint density at radius 2 is 2.10 bits per heavy atom. The minimum Gasteiger partial charge on any atom is -0.480 e. The average molecular weight is 313 g/mol. The molecule has 0 saturated carbocycles. The number of nitrogens with zero attached hydrogens (tertiary/aromatic N) is 2. The summed E-state index contributed by atoms with van der Waals surface area (Å²) in [6.45, 7) is 0.263. The lowest BCUT2D eigenvalue weighted by atomic mass is 10.0. The Morgan fingerprint density at radius 1 is 1.38 bits per heavy atom. The number of benzene rings is 1. The van der Waals surface area contributed by atoms with Crippen molar-refractivity contribution in [1.29, 1.82) is 0 Å². The Morgan fingerprint density at radius 3 is 2.71 bits per heavy atom. The third kappa shape index (κ3) is 2.97. The summed E-state index contributed by atoms with van der Waals surface area (Å²) in [7, 11) is 0. The number of carbonyl (C=O) groups excluding carboxylic acids is 1. The number of aliphatic carboxylic acids is 1. The third-order valence-electron chi connectivity index (χ3n) is 3.45. The monoisotopic (exact) mass is 312 g/mol. The number of piperidine rings is 1. The molecule has 0 aliphatic carbocycles. The fraction of sp³-hybridized carbons (Fsp3) is 0.385. The van der Waals surface area contributed by atoms with E-state index in [2.05, 4.69) is 0 Å². The van der Waals surface area contributed by atoms with Gasteiger partial charge in [-0.15, -0.1) is 0 Å². The number of nitro benzene ring substituents is 1. The molecule has 8 heteroatoms. The summed E-state index contributed by atoms with van der Waals surface area (Å²) in [6.07, 6.45) is 1.72. The molecule has 0 spiro atoms. The molecule has 21 heavy (non-hydrogen) atoms. The van der Waals surface area contributed by atoms with Crippen molar-refractivity contribution >= 4 is 29.2 Å². The second-order valence-corrected chi connectivity index (χ2v) is 5.15. The number of hydrogen-bond donors (Lipinski definition) is 1. The van der Waals surface area contributed by atoms with E-state index in [0.29, 0.717) is 19.3 Å². The largest absolute Gasteiger partial charge is 0.480 e. The van der Waals surface area contributed by atoms with Crippen LogP contribution in [0, 0.1) is 10.1 Å². The van der Waals surface area contributed by atoms with Gasteiger partial charge in [0.15, 0.2) is 0 Å². The summed E-state index contributed by atoms with van der Waals surface area (Å²) in [6, 6.07) is 3.09. The van der Waals surface area contributed by atoms with Crippen LogP contribution < -0.4 is 0 Å². The van der Waals surface area contributed by atoms with Crippen molar-refractivity contribution in [3.8, 4) is 0 Å². The van der Waals surface area contributed by atoms with Gasteiger partial charge in [-0.2, -0.15) is 0 Å². The lowest BCUT2D eigenvalue weighted by Gasteiger charge is -2.32. The van der Waals surface area contributed by atoms with Crippen LogP contribution in [0.15, 0.2) is 18.2 Å². The molecule has 1 amide bonds. The van der Waals surface area contributed by atoms with Gasteiger partial charge in [0.05, 0.1) is 4.92 Å². The van der Waals surface area contributed by atoms with Gasteiger partial charge in [-0.25, -0.2) is 4.79 Å². The molecule has 0 aromatic heterocycles. The summed E-state index contributed by atoms with van der Waals surface area (Å²) in [4.78, 5) is 35.2. The second kappa shape index (κ2) is 6.09. The fourth-order valence-electron chi connectivity index (χ4n) is 2.46. The zero-order chi connectivity index (χ0) is 15.6. The van der Waals surface area contributed by atoms with Gasteiger partial charge in [0.1, 0.15) is 16.6 Å². The average Bonchev–Trinajstić information content (AvgIpc) is 2.45. The maximum Gasteiger partial charge on any atom is 0.326 e. The van der Waals surface area contributed by atoms with Crippen LogP contribution in [0.4, 0.5) is 5.69 Å². The molecule has 1 aromatic carbocycles. The van der Waals surface area contributed by atoms with E-state index in [1.807, 2.05) is 0 Å². The van der Waals surface area contributed by atoms with E-state index in [4.69, 9.17) is 11.6 Å². The van der Waals surface area contributed by atoms with E-state index in [0.717, 1.165) is 0 Å². The van der Waals surface area contributed by atoms with E-state index in [9.17, 15) is 24.8 Å². The highest BCUT2D eigenvalue weighted by atomic mass is 35.5. The van der Waals surface area contributed by atoms with Crippen LogP contribution in [0.25, 0.3) is 0 Å². The van der Waals surface area contributed by atoms with Crippen molar-refractivity contribution in [2.24, 2.45) is 0 Å². The quantitative estimate of drug-likeness (QED) is 0.682. The van der Waals surface area contributed by atoms with Gasteiger partial charge < -0.3 is 10.0 Å². The van der Waals surface area contributed by atoms with Crippen LogP contribution in [0.3, 0.4) is 0 Å². The van der Waals surface area contributed by atoms with Crippen molar-refractivity contribution < 1.29 is 19.6 Å². The molecule has 1 atom stereocenters. The van der Waals surface area contributed by atoms with Gasteiger partial charge in [0, 0.05) is 6.54 Å². The predicted octanol–water partition coefficient (Wildman–Crippen LogP) is 2.33. The summed E-state index contributed by atoms with van der Waals surface area (Å²) < 4.78 is 0. The number of hydrogen-bond acceptors (Lipinski definition) is 4. The number of amides is 1. The predicted molar refractivity (Wildman–Crippen MR) is 74.4 cm³/mol. The molecule has 1 fully saturated rings. The van der Waals surface area contributed by atoms with E-state index in [1.165, 1.54) is 23.1 Å². The van der Waals surface area contributed by atoms with E-state index >= 15 is 0 Å². The maximum absolute atomic E-state index is 12.5. The standard InChI is InChI=1S/C13H13ClN2O5/c14-9-5-3-4-8(11(9)16(20)21)12(17)15-7-2-1-6-10(15)13(18)19/h3-5,10H,1-2,6-7H2,(H,18,19). The zero-order valence-electron chi connectivity index (χ0n) is 11.0. The molecule has 0 radical (unpaired) electrons. The highest BCUT2D eigenvalue weighted by molar-refractivity contribution is 6.33. The number of nitro groups is 1. The van der Waals surface area contributed by atoms with Crippen molar-refractivity contribution in [3.05, 3.63) is 38.9 Å². The molecular weight excluding hydrogens is 300 g/mol. The van der Waals surface area contributed by atoms with Crippen LogP contribution in [0.5, 0.6) is 0 Å². The number of carbonyl (C=O) groups is 2. The van der Waals surface area contributed by atoms with Gasteiger partial charge in [0.2, 0.25) is 0 Å². The first-order chi connectivity index (χ1) is 9.93. The number of halogens is 1. The molecule has 1 aliphatic rings. The van der Waals surface area contributed by atoms with Crippen LogP contribution >= 0.6 is 11.6 Å². The molecule has 1 aromatic rings. The minimum atomic E-state index is -1.10. The zero-order valence-corrected chi connectivity index (χ0v) is 11.7. The van der Waals surface area contributed by atoms with Crippen molar-refractivity contribution in [3.63, 3.8) is 0 Å². The minimum absolute atomic E-state index is 0.144. The SMILES string of the molecule is O=C(O)C1CCCCN1C(=O)c1cccc(Cl)c1[N+](=O)[O-]. The first-order valence-corrected chi connectivity index (χ1v) is 6.78. The van der Waals surface area contributed by atoms with Crippen molar-refractivity contribution in [1.82, 2.24) is 4.90 Å². The summed E-state index contributed by atoms with van der Waals surface area (Å²) in [5, 5.41) is 20.1. The summed E-state index contributed by atoms with van der Waals surface area (Å²) >= 11 is 5.78. The Bertz CT molecular complexity index is 604. The fourth-order valence-corrected chi connectivity index (χ4v) is 2.70. The van der Waals surface area contributed by atoms with E-state index < -0.39 is 28.5 Å². The van der Waals surface area contributed by atoms with E-state index in [1.54, 1.807) is 0 Å². The van der Waals surface area contributed by atoms with Crippen molar-refractivity contribution in [2.45, 2.75) is 25.3 Å². The smallest absolute Gasteiger partial charge is 0.326 e. The number of carboxylic acid groups (broad SMARTS) is 1. The molecule has 2 rings (SSSR count). The maximum atomic E-state index is 12.5. The molecule has 1 aliphatic heterocycles. The highest BCUT2D eigenvalue weighted by Gasteiger charge is 2.35. The van der Waals surface area contributed by atoms with Gasteiger partial charge in [-0.3, -0.25) is 14.9 Å². The second-order valence-electron chi connectivity index (χ2n) is 4.74. The lowest BCUT2D eigenvalue weighted by Crippen LogP contribution is -2.48. The number of carboxylic acids is 1. The normalized spacial score (nSPS) is 18.3. The molecule has 1 saturated heterocycles. The first-order valence-electron chi connectivity index (χ1n) is 6.40. The summed E-state index contributed by atoms with van der Waals surface area (Å²) in [5.74, 6) is -1.77. The molecular formula is C13H13ClN2O5. The van der Waals surface area contributed by atoms with Gasteiger partial charge in [-0.05, 0) is 31.4 Å². The topological polar surface area (TPSA) is 101 Å². The van der Waals surface area contributed by atoms with Crippen molar-refractivity contribution in [2.75, 3.05) is 6.54 Å². The first kappa shape index (κ1) is 15.2.